The van der Waals surface area contributed by atoms with Gasteiger partial charge in [-0.2, -0.15) is 0 Å². The zero-order chi connectivity index (χ0) is 28.1. The highest BCUT2D eigenvalue weighted by Crippen LogP contribution is 2.32. The molecule has 40 heavy (non-hydrogen) atoms. The number of rotatable bonds is 10. The third kappa shape index (κ3) is 5.56. The number of methoxy groups -OCH3 is 3. The van der Waals surface area contributed by atoms with Crippen LogP contribution >= 0.6 is 0 Å². The zero-order valence-corrected chi connectivity index (χ0v) is 22.8. The van der Waals surface area contributed by atoms with Gasteiger partial charge in [0.05, 0.1) is 26.8 Å². The van der Waals surface area contributed by atoms with Crippen molar-refractivity contribution >= 4 is 22.8 Å². The number of nitrogens with one attached hydrogen (secondary N) is 2. The molecule has 0 radical (unpaired) electrons. The quantitative estimate of drug-likeness (QED) is 0.311. The molecule has 1 saturated carbocycles. The third-order valence-electron chi connectivity index (χ3n) is 7.26. The summed E-state index contributed by atoms with van der Waals surface area (Å²) in [5.41, 5.74) is 2.42. The molecule has 0 unspecified atom stereocenters. The normalized spacial score (nSPS) is 14.9. The SMILES string of the molecule is COc1cc(OC)cc([C@@H](NC(=O)[C@H](c2ccccc2OC)n2nnc3ccccc32)C(=O)NC2CCCC2)c1. The first-order valence-corrected chi connectivity index (χ1v) is 13.3. The molecule has 0 bridgehead atoms. The molecule has 1 aliphatic rings. The van der Waals surface area contributed by atoms with Crippen LogP contribution in [0.1, 0.15) is 48.9 Å². The summed E-state index contributed by atoms with van der Waals surface area (Å²) in [5.74, 6) is 0.764. The Kier molecular flexibility index (Phi) is 8.14. The van der Waals surface area contributed by atoms with Crippen LogP contribution in [-0.2, 0) is 9.59 Å². The van der Waals surface area contributed by atoms with E-state index in [1.165, 1.54) is 14.2 Å². The Morgan fingerprint density at radius 3 is 2.25 bits per heavy atom. The van der Waals surface area contributed by atoms with E-state index in [1.54, 1.807) is 36.1 Å². The summed E-state index contributed by atoms with van der Waals surface area (Å²) in [4.78, 5) is 28.0. The lowest BCUT2D eigenvalue weighted by Gasteiger charge is -2.26. The van der Waals surface area contributed by atoms with Crippen LogP contribution in [0, 0.1) is 0 Å². The van der Waals surface area contributed by atoms with Gasteiger partial charge in [-0.1, -0.05) is 48.4 Å². The molecule has 2 N–H and O–H groups in total. The monoisotopic (exact) mass is 543 g/mol. The molecule has 0 spiro atoms. The van der Waals surface area contributed by atoms with Gasteiger partial charge < -0.3 is 24.8 Å². The minimum atomic E-state index is -1.02. The highest BCUT2D eigenvalue weighted by atomic mass is 16.5. The summed E-state index contributed by atoms with van der Waals surface area (Å²) in [5, 5.41) is 14.7. The van der Waals surface area contributed by atoms with Gasteiger partial charge in [0.2, 0.25) is 5.91 Å². The Morgan fingerprint density at radius 2 is 1.55 bits per heavy atom. The van der Waals surface area contributed by atoms with Crippen molar-refractivity contribution in [3.63, 3.8) is 0 Å². The van der Waals surface area contributed by atoms with E-state index in [2.05, 4.69) is 20.9 Å². The molecule has 1 fully saturated rings. The number of carbonyl (C=O) groups excluding carboxylic acids is 2. The molecular formula is C30H33N5O5. The first kappa shape index (κ1) is 27.0. The summed E-state index contributed by atoms with van der Waals surface area (Å²) in [6.45, 7) is 0. The third-order valence-corrected chi connectivity index (χ3v) is 7.26. The smallest absolute Gasteiger partial charge is 0.250 e. The fourth-order valence-electron chi connectivity index (χ4n) is 5.23. The van der Waals surface area contributed by atoms with E-state index in [0.29, 0.717) is 39.4 Å². The molecule has 2 atom stereocenters. The van der Waals surface area contributed by atoms with E-state index < -0.39 is 18.0 Å². The second-order valence-corrected chi connectivity index (χ2v) is 9.74. The van der Waals surface area contributed by atoms with Gasteiger partial charge in [0.15, 0.2) is 6.04 Å². The number of hydrogen-bond donors (Lipinski definition) is 2. The first-order valence-electron chi connectivity index (χ1n) is 13.3. The molecule has 1 aromatic heterocycles. The minimum absolute atomic E-state index is 0.0590. The van der Waals surface area contributed by atoms with E-state index in [1.807, 2.05) is 42.5 Å². The number of amides is 2. The number of benzene rings is 3. The molecule has 2 amide bonds. The molecule has 1 aliphatic carbocycles. The van der Waals surface area contributed by atoms with Crippen LogP contribution in [0.25, 0.3) is 11.0 Å². The number of para-hydroxylation sites is 2. The Morgan fingerprint density at radius 1 is 0.875 bits per heavy atom. The van der Waals surface area contributed by atoms with Gasteiger partial charge in [0, 0.05) is 17.7 Å². The van der Waals surface area contributed by atoms with Crippen molar-refractivity contribution in [2.75, 3.05) is 21.3 Å². The van der Waals surface area contributed by atoms with Crippen LogP contribution in [0.5, 0.6) is 17.2 Å². The van der Waals surface area contributed by atoms with Crippen molar-refractivity contribution in [2.45, 2.75) is 43.8 Å². The van der Waals surface area contributed by atoms with Crippen LogP contribution in [0.15, 0.2) is 66.7 Å². The Balaban J connectivity index is 1.58. The number of nitrogens with zero attached hydrogens (tertiary/aromatic N) is 3. The van der Waals surface area contributed by atoms with E-state index in [-0.39, 0.29) is 11.9 Å². The van der Waals surface area contributed by atoms with Crippen LogP contribution in [0.3, 0.4) is 0 Å². The molecule has 208 valence electrons. The van der Waals surface area contributed by atoms with Gasteiger partial charge in [-0.05, 0) is 48.7 Å². The highest BCUT2D eigenvalue weighted by molar-refractivity contribution is 5.92. The summed E-state index contributed by atoms with van der Waals surface area (Å²) >= 11 is 0. The van der Waals surface area contributed by atoms with Crippen LogP contribution < -0.4 is 24.8 Å². The Bertz CT molecular complexity index is 1470. The van der Waals surface area contributed by atoms with Gasteiger partial charge in [0.25, 0.3) is 5.91 Å². The van der Waals surface area contributed by atoms with Gasteiger partial charge >= 0.3 is 0 Å². The van der Waals surface area contributed by atoms with Gasteiger partial charge in [0.1, 0.15) is 28.8 Å². The number of fused-ring (bicyclic) bond motifs is 1. The molecule has 3 aromatic carbocycles. The Hall–Kier alpha value is -4.60. The average Bonchev–Trinajstić information content (AvgIpc) is 3.66. The van der Waals surface area contributed by atoms with Crippen LogP contribution in [0.2, 0.25) is 0 Å². The molecule has 0 aliphatic heterocycles. The van der Waals surface area contributed by atoms with Gasteiger partial charge in [-0.25, -0.2) is 4.68 Å². The molecule has 1 heterocycles. The summed E-state index contributed by atoms with van der Waals surface area (Å²) in [6, 6.07) is 17.9. The lowest BCUT2D eigenvalue weighted by Crippen LogP contribution is -2.45. The van der Waals surface area contributed by atoms with E-state index in [9.17, 15) is 9.59 Å². The molecule has 10 heteroatoms. The predicted octanol–water partition coefficient (Wildman–Crippen LogP) is 3.96. The van der Waals surface area contributed by atoms with Crippen molar-refractivity contribution in [2.24, 2.45) is 0 Å². The molecule has 4 aromatic rings. The standard InChI is InChI=1S/C30H33N5O5/c1-38-21-16-19(17-22(18-21)39-2)27(29(36)31-20-10-4-5-11-20)32-30(37)28(23-12-6-9-15-26(23)40-3)35-25-14-8-7-13-24(25)33-34-35/h6-9,12-18,20,27-28H,4-5,10-11H2,1-3H3,(H,31,36)(H,32,37)/t27-,28+/m1/s1. The predicted molar refractivity (Wildman–Crippen MR) is 149 cm³/mol. The molecule has 5 rings (SSSR count). The number of ether oxygens (including phenoxy) is 3. The van der Waals surface area contributed by atoms with E-state index in [0.717, 1.165) is 25.7 Å². The van der Waals surface area contributed by atoms with Crippen molar-refractivity contribution < 1.29 is 23.8 Å². The van der Waals surface area contributed by atoms with Crippen molar-refractivity contribution in [3.05, 3.63) is 77.9 Å². The summed E-state index contributed by atoms with van der Waals surface area (Å²) < 4.78 is 18.1. The van der Waals surface area contributed by atoms with Crippen LogP contribution in [0.4, 0.5) is 0 Å². The maximum Gasteiger partial charge on any atom is 0.250 e. The van der Waals surface area contributed by atoms with E-state index >= 15 is 0 Å². The molecule has 0 saturated heterocycles. The summed E-state index contributed by atoms with van der Waals surface area (Å²) in [7, 11) is 4.63. The Labute approximate surface area is 232 Å². The summed E-state index contributed by atoms with van der Waals surface area (Å²) in [6.07, 6.45) is 3.93. The van der Waals surface area contributed by atoms with E-state index in [4.69, 9.17) is 14.2 Å². The topological polar surface area (TPSA) is 117 Å². The maximum atomic E-state index is 14.3. The lowest BCUT2D eigenvalue weighted by molar-refractivity contribution is -0.130. The lowest BCUT2D eigenvalue weighted by atomic mass is 10.0. The van der Waals surface area contributed by atoms with Crippen molar-refractivity contribution in [3.8, 4) is 17.2 Å². The fraction of sp³-hybridized carbons (Fsp3) is 0.333. The zero-order valence-electron chi connectivity index (χ0n) is 22.8. The largest absolute Gasteiger partial charge is 0.497 e. The maximum absolute atomic E-state index is 14.3. The van der Waals surface area contributed by atoms with Gasteiger partial charge in [-0.3, -0.25) is 9.59 Å². The highest BCUT2D eigenvalue weighted by Gasteiger charge is 2.34. The molecular weight excluding hydrogens is 510 g/mol. The number of carbonyl (C=O) groups is 2. The second-order valence-electron chi connectivity index (χ2n) is 9.74. The molecule has 10 nitrogen and oxygen atoms in total. The van der Waals surface area contributed by atoms with Crippen molar-refractivity contribution in [1.82, 2.24) is 25.6 Å². The minimum Gasteiger partial charge on any atom is -0.497 e. The number of hydrogen-bond acceptors (Lipinski definition) is 7. The number of aromatic nitrogens is 3. The second kappa shape index (κ2) is 12.1. The fourth-order valence-corrected chi connectivity index (χ4v) is 5.23. The first-order chi connectivity index (χ1) is 19.5. The van der Waals surface area contributed by atoms with Gasteiger partial charge in [-0.15, -0.1) is 5.10 Å². The van der Waals surface area contributed by atoms with Crippen LogP contribution in [-0.4, -0.2) is 54.2 Å². The average molecular weight is 544 g/mol. The van der Waals surface area contributed by atoms with Crippen molar-refractivity contribution in [1.29, 1.82) is 0 Å².